The number of aromatic nitrogens is 1. The van der Waals surface area contributed by atoms with E-state index in [1.165, 1.54) is 6.07 Å². The summed E-state index contributed by atoms with van der Waals surface area (Å²) < 4.78 is 0. The number of nitrogens with zero attached hydrogens (tertiary/aromatic N) is 1. The third-order valence-corrected chi connectivity index (χ3v) is 1.14. The Morgan fingerprint density at radius 1 is 1.64 bits per heavy atom. The molecule has 0 radical (unpaired) electrons. The Balaban J connectivity index is 3.20. The lowest BCUT2D eigenvalue weighted by Gasteiger charge is -1.99. The second kappa shape index (κ2) is 2.45. The number of pyridine rings is 1. The van der Waals surface area contributed by atoms with Gasteiger partial charge in [-0.05, 0) is 0 Å². The summed E-state index contributed by atoms with van der Waals surface area (Å²) in [6.07, 6.45) is 1.11. The molecule has 0 atom stereocenters. The predicted octanol–water partition coefficient (Wildman–Crippen LogP) is -0.532. The van der Waals surface area contributed by atoms with Crippen LogP contribution in [0.3, 0.4) is 0 Å². The SMILES string of the molecule is NC(=O)c1ncc(O)cc1N. The Labute approximate surface area is 62.7 Å². The van der Waals surface area contributed by atoms with Crippen LogP contribution < -0.4 is 11.5 Å². The zero-order chi connectivity index (χ0) is 8.43. The van der Waals surface area contributed by atoms with E-state index in [0.29, 0.717) is 0 Å². The highest BCUT2D eigenvalue weighted by Crippen LogP contribution is 2.14. The second-order valence-corrected chi connectivity index (χ2v) is 2.00. The maximum atomic E-state index is 10.5. The summed E-state index contributed by atoms with van der Waals surface area (Å²) in [6.45, 7) is 0. The first-order valence-electron chi connectivity index (χ1n) is 2.85. The van der Waals surface area contributed by atoms with Gasteiger partial charge in [-0.15, -0.1) is 0 Å². The van der Waals surface area contributed by atoms with Gasteiger partial charge in [-0.2, -0.15) is 0 Å². The molecular formula is C6H7N3O2. The number of rotatable bonds is 1. The van der Waals surface area contributed by atoms with E-state index in [1.54, 1.807) is 0 Å². The molecule has 11 heavy (non-hydrogen) atoms. The number of carbonyl (C=O) groups is 1. The first-order chi connectivity index (χ1) is 5.11. The lowest BCUT2D eigenvalue weighted by Crippen LogP contribution is -2.15. The van der Waals surface area contributed by atoms with Crippen LogP contribution in [-0.4, -0.2) is 16.0 Å². The monoisotopic (exact) mass is 153 g/mol. The molecule has 1 rings (SSSR count). The molecule has 0 spiro atoms. The molecule has 1 aromatic rings. The van der Waals surface area contributed by atoms with Crippen LogP contribution in [0.2, 0.25) is 0 Å². The van der Waals surface area contributed by atoms with E-state index in [4.69, 9.17) is 16.6 Å². The smallest absolute Gasteiger partial charge is 0.269 e. The van der Waals surface area contributed by atoms with E-state index in [1.807, 2.05) is 0 Å². The third-order valence-electron chi connectivity index (χ3n) is 1.14. The van der Waals surface area contributed by atoms with Crippen molar-refractivity contribution in [3.05, 3.63) is 18.0 Å². The maximum Gasteiger partial charge on any atom is 0.269 e. The minimum Gasteiger partial charge on any atom is -0.506 e. The van der Waals surface area contributed by atoms with Gasteiger partial charge in [0.2, 0.25) is 0 Å². The summed E-state index contributed by atoms with van der Waals surface area (Å²) in [5, 5.41) is 8.82. The van der Waals surface area contributed by atoms with Crippen molar-refractivity contribution in [3.8, 4) is 5.75 Å². The van der Waals surface area contributed by atoms with Crippen LogP contribution in [0.15, 0.2) is 12.3 Å². The Morgan fingerprint density at radius 2 is 2.27 bits per heavy atom. The van der Waals surface area contributed by atoms with Crippen LogP contribution in [0.4, 0.5) is 5.69 Å². The van der Waals surface area contributed by atoms with Crippen molar-refractivity contribution >= 4 is 11.6 Å². The fraction of sp³-hybridized carbons (Fsp3) is 0. The molecule has 0 unspecified atom stereocenters. The zero-order valence-electron chi connectivity index (χ0n) is 5.61. The van der Waals surface area contributed by atoms with Crippen LogP contribution >= 0.6 is 0 Å². The standard InChI is InChI=1S/C6H7N3O2/c7-4-1-3(10)2-9-5(4)6(8)11/h1-2,10H,7H2,(H2,8,11). The van der Waals surface area contributed by atoms with E-state index in [-0.39, 0.29) is 17.1 Å². The second-order valence-electron chi connectivity index (χ2n) is 2.00. The molecule has 0 saturated carbocycles. The summed E-state index contributed by atoms with van der Waals surface area (Å²) in [5.74, 6) is -0.796. The van der Waals surface area contributed by atoms with Crippen molar-refractivity contribution in [2.45, 2.75) is 0 Å². The number of carbonyl (C=O) groups excluding carboxylic acids is 1. The van der Waals surface area contributed by atoms with E-state index >= 15 is 0 Å². The summed E-state index contributed by atoms with van der Waals surface area (Å²) in [5.41, 5.74) is 10.3. The van der Waals surface area contributed by atoms with Gasteiger partial charge < -0.3 is 16.6 Å². The highest BCUT2D eigenvalue weighted by Gasteiger charge is 2.06. The fourth-order valence-corrected chi connectivity index (χ4v) is 0.676. The van der Waals surface area contributed by atoms with Gasteiger partial charge in [-0.1, -0.05) is 0 Å². The van der Waals surface area contributed by atoms with Crippen molar-refractivity contribution in [2.75, 3.05) is 5.73 Å². The highest BCUT2D eigenvalue weighted by atomic mass is 16.3. The van der Waals surface area contributed by atoms with E-state index in [0.717, 1.165) is 6.20 Å². The molecule has 1 aromatic heterocycles. The van der Waals surface area contributed by atoms with Gasteiger partial charge in [0.25, 0.3) is 5.91 Å². The molecule has 0 aromatic carbocycles. The number of anilines is 1. The van der Waals surface area contributed by atoms with E-state index < -0.39 is 5.91 Å². The predicted molar refractivity (Wildman–Crippen MR) is 38.8 cm³/mol. The number of nitrogens with two attached hydrogens (primary N) is 2. The van der Waals surface area contributed by atoms with Gasteiger partial charge in [0.15, 0.2) is 5.69 Å². The molecule has 0 saturated heterocycles. The van der Waals surface area contributed by atoms with Crippen molar-refractivity contribution in [3.63, 3.8) is 0 Å². The quantitative estimate of drug-likeness (QED) is 0.504. The Bertz CT molecular complexity index is 298. The molecule has 0 aliphatic heterocycles. The summed E-state index contributed by atoms with van der Waals surface area (Å²) in [6, 6.07) is 1.22. The number of hydrogen-bond acceptors (Lipinski definition) is 4. The van der Waals surface area contributed by atoms with E-state index in [9.17, 15) is 4.79 Å². The average Bonchev–Trinajstić information content (AvgIpc) is 1.85. The number of hydrogen-bond donors (Lipinski definition) is 3. The molecule has 5 N–H and O–H groups in total. The summed E-state index contributed by atoms with van der Waals surface area (Å²) in [4.78, 5) is 14.1. The maximum absolute atomic E-state index is 10.5. The number of amides is 1. The number of nitrogen functional groups attached to an aromatic ring is 1. The number of primary amides is 1. The normalized spacial score (nSPS) is 9.45. The topological polar surface area (TPSA) is 102 Å². The first-order valence-corrected chi connectivity index (χ1v) is 2.85. The zero-order valence-corrected chi connectivity index (χ0v) is 5.61. The fourth-order valence-electron chi connectivity index (χ4n) is 0.676. The first kappa shape index (κ1) is 7.33. The Morgan fingerprint density at radius 3 is 2.73 bits per heavy atom. The average molecular weight is 153 g/mol. The van der Waals surface area contributed by atoms with Crippen molar-refractivity contribution in [2.24, 2.45) is 5.73 Å². The van der Waals surface area contributed by atoms with E-state index in [2.05, 4.69) is 4.98 Å². The van der Waals surface area contributed by atoms with Crippen molar-refractivity contribution in [1.82, 2.24) is 4.98 Å². The molecule has 0 aliphatic carbocycles. The molecule has 58 valence electrons. The molecule has 0 aliphatic rings. The van der Waals surface area contributed by atoms with Crippen LogP contribution in [0, 0.1) is 0 Å². The van der Waals surface area contributed by atoms with Gasteiger partial charge in [0, 0.05) is 6.07 Å². The van der Waals surface area contributed by atoms with Gasteiger partial charge >= 0.3 is 0 Å². The van der Waals surface area contributed by atoms with Gasteiger partial charge in [-0.3, -0.25) is 4.79 Å². The minimum atomic E-state index is -0.706. The third kappa shape index (κ3) is 1.37. The van der Waals surface area contributed by atoms with Crippen molar-refractivity contribution in [1.29, 1.82) is 0 Å². The largest absolute Gasteiger partial charge is 0.506 e. The van der Waals surface area contributed by atoms with Gasteiger partial charge in [0.1, 0.15) is 5.75 Å². The molecule has 1 heterocycles. The molecule has 1 amide bonds. The number of aromatic hydroxyl groups is 1. The van der Waals surface area contributed by atoms with Crippen molar-refractivity contribution < 1.29 is 9.90 Å². The van der Waals surface area contributed by atoms with Crippen LogP contribution in [-0.2, 0) is 0 Å². The molecular weight excluding hydrogens is 146 g/mol. The lowest BCUT2D eigenvalue weighted by molar-refractivity contribution is 0.0996. The Kier molecular flexibility index (Phi) is 1.63. The molecule has 0 bridgehead atoms. The van der Waals surface area contributed by atoms with Gasteiger partial charge in [0.05, 0.1) is 11.9 Å². The molecule has 5 nitrogen and oxygen atoms in total. The highest BCUT2D eigenvalue weighted by molar-refractivity contribution is 5.95. The Hall–Kier alpha value is -1.78. The summed E-state index contributed by atoms with van der Waals surface area (Å²) >= 11 is 0. The van der Waals surface area contributed by atoms with Crippen LogP contribution in [0.25, 0.3) is 0 Å². The van der Waals surface area contributed by atoms with Gasteiger partial charge in [-0.25, -0.2) is 4.98 Å². The summed E-state index contributed by atoms with van der Waals surface area (Å²) in [7, 11) is 0. The molecule has 0 fully saturated rings. The minimum absolute atomic E-state index is 0.0252. The van der Waals surface area contributed by atoms with Crippen LogP contribution in [0.5, 0.6) is 5.75 Å². The lowest BCUT2D eigenvalue weighted by atomic mass is 10.3. The molecule has 5 heteroatoms. The van der Waals surface area contributed by atoms with Crippen LogP contribution in [0.1, 0.15) is 10.5 Å².